The third-order valence-electron chi connectivity index (χ3n) is 3.64. The monoisotopic (exact) mass is 382 g/mol. The number of hydrogen-bond acceptors (Lipinski definition) is 6. The Morgan fingerprint density at radius 2 is 1.78 bits per heavy atom. The van der Waals surface area contributed by atoms with E-state index in [9.17, 15) is 29.9 Å². The number of phenolic OH excluding ortho intramolecular Hbond substituents is 1. The summed E-state index contributed by atoms with van der Waals surface area (Å²) in [5, 5.41) is 33.1. The fourth-order valence-corrected chi connectivity index (χ4v) is 2.28. The quantitative estimate of drug-likeness (QED) is 0.525. The van der Waals surface area contributed by atoms with Crippen LogP contribution in [-0.4, -0.2) is 38.8 Å². The molecule has 0 aromatic heterocycles. The zero-order valence-electron chi connectivity index (χ0n) is 16.3. The Balaban J connectivity index is 3.25. The molecule has 0 saturated heterocycles. The first-order chi connectivity index (χ1) is 12.1. The topological polar surface area (TPSA) is 139 Å². The molecule has 1 atom stereocenters. The van der Waals surface area contributed by atoms with Crippen LogP contribution in [-0.2, 0) is 21.4 Å². The second-order valence-corrected chi connectivity index (χ2v) is 8.25. The number of aliphatic carboxylic acids is 1. The number of benzene rings is 1. The van der Waals surface area contributed by atoms with E-state index in [0.717, 1.165) is 0 Å². The molecule has 0 fully saturated rings. The van der Waals surface area contributed by atoms with Crippen molar-refractivity contribution < 1.29 is 29.5 Å². The fraction of sp³-hybridized carbons (Fsp3) is 0.556. The summed E-state index contributed by atoms with van der Waals surface area (Å²) in [4.78, 5) is 33.9. The van der Waals surface area contributed by atoms with Crippen LogP contribution in [0, 0.1) is 10.1 Å². The van der Waals surface area contributed by atoms with Crippen molar-refractivity contribution in [3.8, 4) is 5.75 Å². The Labute approximate surface area is 157 Å². The molecule has 9 nitrogen and oxygen atoms in total. The molecule has 0 bridgehead atoms. The fourth-order valence-electron chi connectivity index (χ4n) is 2.28. The van der Waals surface area contributed by atoms with E-state index in [1.165, 1.54) is 12.1 Å². The summed E-state index contributed by atoms with van der Waals surface area (Å²) in [5.74, 6) is -1.98. The molecule has 9 heteroatoms. The maximum atomic E-state index is 11.9. The molecule has 0 aliphatic heterocycles. The van der Waals surface area contributed by atoms with Gasteiger partial charge in [0, 0.05) is 18.1 Å². The number of alkyl carbamates (subject to hydrolysis) is 1. The predicted molar refractivity (Wildman–Crippen MR) is 98.0 cm³/mol. The SMILES string of the molecule is CC(C)(C)OC(=O)NC(Cc1cc(C(C)(C)C)cc([N+](=O)[O-])c1O)C(=O)O. The van der Waals surface area contributed by atoms with Crippen molar-refractivity contribution in [1.82, 2.24) is 5.32 Å². The zero-order valence-corrected chi connectivity index (χ0v) is 16.3. The normalized spacial score (nSPS) is 13.0. The number of carbonyl (C=O) groups excluding carboxylic acids is 1. The molecule has 27 heavy (non-hydrogen) atoms. The Hall–Kier alpha value is -2.84. The summed E-state index contributed by atoms with van der Waals surface area (Å²) in [7, 11) is 0. The van der Waals surface area contributed by atoms with Gasteiger partial charge in [-0.25, -0.2) is 9.59 Å². The van der Waals surface area contributed by atoms with Crippen LogP contribution in [0.4, 0.5) is 10.5 Å². The number of amides is 1. The zero-order chi connectivity index (χ0) is 21.2. The Bertz CT molecular complexity index is 745. The van der Waals surface area contributed by atoms with E-state index in [1.807, 2.05) is 20.8 Å². The van der Waals surface area contributed by atoms with Crippen molar-refractivity contribution in [2.45, 2.75) is 65.0 Å². The number of carboxylic acids is 1. The summed E-state index contributed by atoms with van der Waals surface area (Å²) in [6.45, 7) is 10.4. The molecule has 0 spiro atoms. The van der Waals surface area contributed by atoms with Crippen LogP contribution in [0.2, 0.25) is 0 Å². The van der Waals surface area contributed by atoms with Crippen LogP contribution in [0.1, 0.15) is 52.7 Å². The largest absolute Gasteiger partial charge is 0.502 e. The van der Waals surface area contributed by atoms with Gasteiger partial charge in [-0.2, -0.15) is 0 Å². The minimum absolute atomic E-state index is 0.0533. The number of phenols is 1. The lowest BCUT2D eigenvalue weighted by atomic mass is 9.84. The number of ether oxygens (including phenoxy) is 1. The number of nitrogens with zero attached hydrogens (tertiary/aromatic N) is 1. The van der Waals surface area contributed by atoms with Crippen LogP contribution in [0.15, 0.2) is 12.1 Å². The highest BCUT2D eigenvalue weighted by Crippen LogP contribution is 2.36. The van der Waals surface area contributed by atoms with Gasteiger partial charge >= 0.3 is 17.7 Å². The van der Waals surface area contributed by atoms with Crippen molar-refractivity contribution >= 4 is 17.7 Å². The summed E-state index contributed by atoms with van der Waals surface area (Å²) in [6, 6.07) is 1.34. The van der Waals surface area contributed by atoms with E-state index in [-0.39, 0.29) is 12.0 Å². The van der Waals surface area contributed by atoms with Gasteiger partial charge in [0.05, 0.1) is 4.92 Å². The molecule has 0 heterocycles. The number of carbonyl (C=O) groups is 2. The third kappa shape index (κ3) is 6.43. The van der Waals surface area contributed by atoms with Gasteiger partial charge < -0.3 is 20.3 Å². The van der Waals surface area contributed by atoms with Crippen LogP contribution in [0.25, 0.3) is 0 Å². The number of nitro benzene ring substituents is 1. The molecule has 0 radical (unpaired) electrons. The van der Waals surface area contributed by atoms with Gasteiger partial charge in [0.15, 0.2) is 5.75 Å². The average molecular weight is 382 g/mol. The molecule has 1 rings (SSSR count). The number of nitrogens with one attached hydrogen (secondary N) is 1. The maximum Gasteiger partial charge on any atom is 0.408 e. The number of hydrogen-bond donors (Lipinski definition) is 3. The highest BCUT2D eigenvalue weighted by Gasteiger charge is 2.29. The van der Waals surface area contributed by atoms with E-state index in [4.69, 9.17) is 4.74 Å². The van der Waals surface area contributed by atoms with Crippen LogP contribution in [0.3, 0.4) is 0 Å². The van der Waals surface area contributed by atoms with E-state index < -0.39 is 45.5 Å². The van der Waals surface area contributed by atoms with Crippen LogP contribution in [0.5, 0.6) is 5.75 Å². The van der Waals surface area contributed by atoms with E-state index >= 15 is 0 Å². The van der Waals surface area contributed by atoms with E-state index in [1.54, 1.807) is 20.8 Å². The second-order valence-electron chi connectivity index (χ2n) is 8.25. The molecule has 0 aliphatic carbocycles. The highest BCUT2D eigenvalue weighted by atomic mass is 16.6. The van der Waals surface area contributed by atoms with Gasteiger partial charge in [0.25, 0.3) is 0 Å². The highest BCUT2D eigenvalue weighted by molar-refractivity contribution is 5.80. The van der Waals surface area contributed by atoms with Crippen molar-refractivity contribution in [3.05, 3.63) is 33.4 Å². The molecule has 150 valence electrons. The standard InChI is InChI=1S/C18H26N2O7/c1-17(2,3)11-7-10(14(21)13(9-11)20(25)26)8-12(15(22)23)19-16(24)27-18(4,5)6/h7,9,12,21H,8H2,1-6H3,(H,19,24)(H,22,23). The van der Waals surface area contributed by atoms with Crippen molar-refractivity contribution in [2.75, 3.05) is 0 Å². The van der Waals surface area contributed by atoms with Crippen molar-refractivity contribution in [3.63, 3.8) is 0 Å². The van der Waals surface area contributed by atoms with Gasteiger partial charge in [-0.1, -0.05) is 26.8 Å². The third-order valence-corrected chi connectivity index (χ3v) is 3.64. The Morgan fingerprint density at radius 1 is 1.22 bits per heavy atom. The molecule has 1 aromatic carbocycles. The van der Waals surface area contributed by atoms with Crippen molar-refractivity contribution in [2.24, 2.45) is 0 Å². The summed E-state index contributed by atoms with van der Waals surface area (Å²) in [5.41, 5.74) is -1.19. The van der Waals surface area contributed by atoms with Gasteiger partial charge in [0.1, 0.15) is 11.6 Å². The lowest BCUT2D eigenvalue weighted by Crippen LogP contribution is -2.44. The molecule has 0 aliphatic rings. The molecular formula is C18H26N2O7. The molecule has 3 N–H and O–H groups in total. The minimum Gasteiger partial charge on any atom is -0.502 e. The van der Waals surface area contributed by atoms with Crippen molar-refractivity contribution in [1.29, 1.82) is 0 Å². The minimum atomic E-state index is -1.43. The first-order valence-corrected chi connectivity index (χ1v) is 8.35. The Morgan fingerprint density at radius 3 is 2.19 bits per heavy atom. The smallest absolute Gasteiger partial charge is 0.408 e. The summed E-state index contributed by atoms with van der Waals surface area (Å²) < 4.78 is 5.04. The number of nitro groups is 1. The predicted octanol–water partition coefficient (Wildman–Crippen LogP) is 3.12. The van der Waals surface area contributed by atoms with Gasteiger partial charge in [-0.3, -0.25) is 10.1 Å². The van der Waals surface area contributed by atoms with Gasteiger partial charge in [-0.05, 0) is 31.7 Å². The van der Waals surface area contributed by atoms with E-state index in [0.29, 0.717) is 5.56 Å². The maximum absolute atomic E-state index is 11.9. The van der Waals surface area contributed by atoms with Gasteiger partial charge in [-0.15, -0.1) is 0 Å². The number of aromatic hydroxyl groups is 1. The van der Waals surface area contributed by atoms with Crippen LogP contribution >= 0.6 is 0 Å². The summed E-state index contributed by atoms with van der Waals surface area (Å²) >= 11 is 0. The molecule has 1 amide bonds. The number of carboxylic acid groups (broad SMARTS) is 1. The molecular weight excluding hydrogens is 356 g/mol. The Kier molecular flexibility index (Phi) is 6.42. The lowest BCUT2D eigenvalue weighted by molar-refractivity contribution is -0.386. The van der Waals surface area contributed by atoms with E-state index in [2.05, 4.69) is 5.32 Å². The molecule has 0 saturated carbocycles. The van der Waals surface area contributed by atoms with Crippen LogP contribution < -0.4 is 5.32 Å². The summed E-state index contributed by atoms with van der Waals surface area (Å²) in [6.07, 6.45) is -1.28. The lowest BCUT2D eigenvalue weighted by Gasteiger charge is -2.23. The first-order valence-electron chi connectivity index (χ1n) is 8.35. The number of rotatable bonds is 5. The molecule has 1 aromatic rings. The molecule has 1 unspecified atom stereocenters. The second kappa shape index (κ2) is 7.81. The average Bonchev–Trinajstić information content (AvgIpc) is 2.44. The van der Waals surface area contributed by atoms with Gasteiger partial charge in [0.2, 0.25) is 0 Å². The first kappa shape index (κ1) is 22.2.